The minimum Gasteiger partial charge on any atom is -0.320 e. The van der Waals surface area contributed by atoms with Crippen LogP contribution in [0, 0.1) is 0 Å². The van der Waals surface area contributed by atoms with Crippen molar-refractivity contribution in [1.29, 1.82) is 0 Å². The van der Waals surface area contributed by atoms with E-state index in [0.717, 1.165) is 11.3 Å². The predicted molar refractivity (Wildman–Crippen MR) is 147 cm³/mol. The van der Waals surface area contributed by atoms with Gasteiger partial charge in [0.2, 0.25) is 0 Å². The third kappa shape index (κ3) is 4.52. The third-order valence-electron chi connectivity index (χ3n) is 5.34. The average molecular weight is 524 g/mol. The Morgan fingerprint density at radius 1 is 0.971 bits per heavy atom. The number of benzene rings is 3. The van der Waals surface area contributed by atoms with Gasteiger partial charge in [-0.25, -0.2) is 5.01 Å². The number of anilines is 2. The zero-order valence-corrected chi connectivity index (χ0v) is 20.8. The summed E-state index contributed by atoms with van der Waals surface area (Å²) in [6.07, 6.45) is 0. The summed E-state index contributed by atoms with van der Waals surface area (Å²) >= 11 is 18.4. The van der Waals surface area contributed by atoms with Gasteiger partial charge in [0.25, 0.3) is 5.91 Å². The molecule has 3 aromatic carbocycles. The number of hydrazine groups is 1. The maximum absolute atomic E-state index is 12.7. The van der Waals surface area contributed by atoms with Crippen molar-refractivity contribution in [2.45, 2.75) is 11.3 Å². The quantitative estimate of drug-likeness (QED) is 0.445. The lowest BCUT2D eigenvalue weighted by Crippen LogP contribution is -2.48. The maximum Gasteiger partial charge on any atom is 0.284 e. The Bertz CT molecular complexity index is 1270. The number of rotatable bonds is 4. The highest BCUT2D eigenvalue weighted by atomic mass is 35.5. The summed E-state index contributed by atoms with van der Waals surface area (Å²) in [6, 6.07) is 26.9. The summed E-state index contributed by atoms with van der Waals surface area (Å²) in [4.78, 5) is 12.7. The number of amides is 1. The van der Waals surface area contributed by atoms with Crippen LogP contribution in [-0.2, 0) is 4.79 Å². The fourth-order valence-electron chi connectivity index (χ4n) is 3.78. The minimum atomic E-state index is -0.452. The summed E-state index contributed by atoms with van der Waals surface area (Å²) in [5.74, 6) is 0.251. The molecule has 6 nitrogen and oxygen atoms in total. The van der Waals surface area contributed by atoms with Gasteiger partial charge >= 0.3 is 0 Å². The van der Waals surface area contributed by atoms with E-state index in [1.54, 1.807) is 29.3 Å². The molecule has 1 fully saturated rings. The number of carbonyl (C=O) groups excluding carboxylic acids is 1. The molecule has 2 aliphatic rings. The van der Waals surface area contributed by atoms with Crippen LogP contribution in [0.2, 0.25) is 5.02 Å². The predicted octanol–water partition coefficient (Wildman–Crippen LogP) is 5.39. The van der Waals surface area contributed by atoms with E-state index in [4.69, 9.17) is 41.1 Å². The zero-order valence-electron chi connectivity index (χ0n) is 17.6. The van der Waals surface area contributed by atoms with Crippen molar-refractivity contribution in [3.63, 3.8) is 0 Å². The van der Waals surface area contributed by atoms with Gasteiger partial charge in [-0.2, -0.15) is 5.10 Å². The lowest BCUT2D eigenvalue weighted by atomic mass is 10.0. The van der Waals surface area contributed by atoms with E-state index in [-0.39, 0.29) is 16.3 Å². The Hall–Kier alpha value is -2.98. The minimum absolute atomic E-state index is 0.0179. The molecule has 1 saturated heterocycles. The SMILES string of the molecule is O=C(Nc1ccc(Cl)cc1)C(=S)NN1C(=S)SC2C1=NN(c1ccccc1)C2c1ccccc1. The van der Waals surface area contributed by atoms with Crippen LogP contribution in [0.4, 0.5) is 11.4 Å². The molecule has 0 saturated carbocycles. The Morgan fingerprint density at radius 2 is 1.62 bits per heavy atom. The molecule has 2 aliphatic heterocycles. The third-order valence-corrected chi connectivity index (χ3v) is 7.44. The monoisotopic (exact) mass is 523 g/mol. The highest BCUT2D eigenvalue weighted by Crippen LogP contribution is 2.45. The Balaban J connectivity index is 1.39. The largest absolute Gasteiger partial charge is 0.320 e. The van der Waals surface area contributed by atoms with Gasteiger partial charge in [0.15, 0.2) is 15.1 Å². The average Bonchev–Trinajstić information content (AvgIpc) is 3.37. The second kappa shape index (κ2) is 9.71. The molecule has 2 heterocycles. The molecule has 3 aromatic rings. The van der Waals surface area contributed by atoms with Gasteiger partial charge in [-0.3, -0.25) is 15.2 Å². The van der Waals surface area contributed by atoms with E-state index in [9.17, 15) is 4.79 Å². The van der Waals surface area contributed by atoms with Crippen molar-refractivity contribution < 1.29 is 4.79 Å². The van der Waals surface area contributed by atoms with Crippen LogP contribution in [-0.4, -0.2) is 31.3 Å². The highest BCUT2D eigenvalue weighted by Gasteiger charge is 2.49. The molecule has 10 heteroatoms. The Kier molecular flexibility index (Phi) is 6.51. The standard InChI is InChI=1S/C24H18ClN5OS3/c25-16-11-13-17(14-12-16)26-22(31)23(32)28-30-21-20(34-24(30)33)19(15-7-3-1-4-8-15)29(27-21)18-9-5-2-6-10-18/h1-14,19-20H,(H,26,31)(H,28,32). The van der Waals surface area contributed by atoms with E-state index < -0.39 is 5.91 Å². The zero-order chi connectivity index (χ0) is 23.7. The summed E-state index contributed by atoms with van der Waals surface area (Å²) < 4.78 is 0.555. The number of halogens is 1. The summed E-state index contributed by atoms with van der Waals surface area (Å²) in [5.41, 5.74) is 5.66. The van der Waals surface area contributed by atoms with E-state index >= 15 is 0 Å². The van der Waals surface area contributed by atoms with Crippen molar-refractivity contribution in [3.8, 4) is 0 Å². The van der Waals surface area contributed by atoms with Crippen molar-refractivity contribution in [3.05, 3.63) is 95.5 Å². The number of hydrazone groups is 1. The topological polar surface area (TPSA) is 60.0 Å². The number of thiocarbonyl (C=S) groups is 2. The van der Waals surface area contributed by atoms with Gasteiger partial charge in [0.05, 0.1) is 11.7 Å². The number of thioether (sulfide) groups is 1. The van der Waals surface area contributed by atoms with Crippen molar-refractivity contribution in [2.24, 2.45) is 5.10 Å². The molecule has 0 bridgehead atoms. The second-order valence-corrected chi connectivity index (χ2v) is 10.2. The lowest BCUT2D eigenvalue weighted by molar-refractivity contribution is -0.110. The van der Waals surface area contributed by atoms with Crippen LogP contribution in [0.1, 0.15) is 11.6 Å². The van der Waals surface area contributed by atoms with Gasteiger partial charge in [0.1, 0.15) is 5.25 Å². The number of fused-ring (bicyclic) bond motifs is 1. The van der Waals surface area contributed by atoms with Crippen molar-refractivity contribution >= 4 is 80.2 Å². The van der Waals surface area contributed by atoms with Crippen LogP contribution in [0.3, 0.4) is 0 Å². The van der Waals surface area contributed by atoms with Gasteiger partial charge in [-0.05, 0) is 42.0 Å². The van der Waals surface area contributed by atoms with E-state index in [0.29, 0.717) is 20.9 Å². The first-order chi connectivity index (χ1) is 16.5. The first-order valence-electron chi connectivity index (χ1n) is 10.4. The number of para-hydroxylation sites is 1. The number of amidine groups is 1. The summed E-state index contributed by atoms with van der Waals surface area (Å²) in [6.45, 7) is 0. The molecule has 34 heavy (non-hydrogen) atoms. The normalized spacial score (nSPS) is 19.0. The first kappa shape index (κ1) is 22.8. The summed E-state index contributed by atoms with van der Waals surface area (Å²) in [7, 11) is 0. The fraction of sp³-hybridized carbons (Fsp3) is 0.0833. The first-order valence-corrected chi connectivity index (χ1v) is 12.4. The van der Waals surface area contributed by atoms with Gasteiger partial charge in [-0.1, -0.05) is 96.3 Å². The maximum atomic E-state index is 12.7. The Labute approximate surface area is 216 Å². The second-order valence-electron chi connectivity index (χ2n) is 7.54. The molecule has 170 valence electrons. The number of carbonyl (C=O) groups is 1. The van der Waals surface area contributed by atoms with Crippen molar-refractivity contribution in [1.82, 2.24) is 10.4 Å². The lowest BCUT2D eigenvalue weighted by Gasteiger charge is -2.26. The molecule has 0 aliphatic carbocycles. The molecule has 5 rings (SSSR count). The van der Waals surface area contributed by atoms with E-state index in [2.05, 4.69) is 22.9 Å². The molecular weight excluding hydrogens is 506 g/mol. The number of hydrogen-bond acceptors (Lipinski definition) is 6. The van der Waals surface area contributed by atoms with Crippen molar-refractivity contribution in [2.75, 3.05) is 10.3 Å². The highest BCUT2D eigenvalue weighted by molar-refractivity contribution is 8.24. The van der Waals surface area contributed by atoms with Crippen LogP contribution in [0.5, 0.6) is 0 Å². The molecule has 2 N–H and O–H groups in total. The molecule has 0 radical (unpaired) electrons. The molecule has 2 atom stereocenters. The molecule has 0 aromatic heterocycles. The van der Waals surface area contributed by atoms with E-state index in [1.807, 2.05) is 53.5 Å². The van der Waals surface area contributed by atoms with E-state index in [1.165, 1.54) is 11.8 Å². The van der Waals surface area contributed by atoms with Gasteiger partial charge in [-0.15, -0.1) is 0 Å². The summed E-state index contributed by atoms with van der Waals surface area (Å²) in [5, 5.41) is 11.8. The molecule has 1 amide bonds. The van der Waals surface area contributed by atoms with Gasteiger partial charge < -0.3 is 5.32 Å². The number of hydrogen-bond donors (Lipinski definition) is 2. The van der Waals surface area contributed by atoms with Gasteiger partial charge in [0, 0.05) is 10.7 Å². The number of nitrogens with one attached hydrogen (secondary N) is 2. The molecule has 0 spiro atoms. The Morgan fingerprint density at radius 3 is 2.29 bits per heavy atom. The number of nitrogens with zero attached hydrogens (tertiary/aromatic N) is 3. The molecule has 2 unspecified atom stereocenters. The van der Waals surface area contributed by atoms with Crippen LogP contribution in [0.25, 0.3) is 0 Å². The molecular formula is C24H18ClN5OS3. The smallest absolute Gasteiger partial charge is 0.284 e. The fourth-order valence-corrected chi connectivity index (χ4v) is 5.62. The van der Waals surface area contributed by atoms with Crippen LogP contribution >= 0.6 is 47.8 Å². The van der Waals surface area contributed by atoms with Crippen LogP contribution in [0.15, 0.2) is 90.0 Å². The van der Waals surface area contributed by atoms with Crippen LogP contribution < -0.4 is 15.8 Å².